The van der Waals surface area contributed by atoms with Gasteiger partial charge in [0.2, 0.25) is 11.7 Å². The Bertz CT molecular complexity index is 1030. The maximum absolute atomic E-state index is 12.8. The van der Waals surface area contributed by atoms with Crippen LogP contribution >= 0.6 is 0 Å². The number of aromatic nitrogens is 4. The monoisotopic (exact) mass is 424 g/mol. The third-order valence-corrected chi connectivity index (χ3v) is 5.16. The largest absolute Gasteiger partial charge is 0.493 e. The summed E-state index contributed by atoms with van der Waals surface area (Å²) in [7, 11) is 3.13. The van der Waals surface area contributed by atoms with Gasteiger partial charge in [0.05, 0.1) is 20.4 Å². The lowest BCUT2D eigenvalue weighted by Crippen LogP contribution is -2.42. The van der Waals surface area contributed by atoms with Gasteiger partial charge in [-0.15, -0.1) is 0 Å². The molecule has 0 aliphatic carbocycles. The molecule has 3 heterocycles. The molecule has 0 saturated carbocycles. The number of rotatable bonds is 6. The highest BCUT2D eigenvalue weighted by molar-refractivity contribution is 5.89. The minimum atomic E-state index is -0.150. The zero-order valence-corrected chi connectivity index (χ0v) is 17.4. The third-order valence-electron chi connectivity index (χ3n) is 5.16. The third kappa shape index (κ3) is 4.90. The molecule has 2 aromatic heterocycles. The number of piperidine rings is 1. The van der Waals surface area contributed by atoms with Gasteiger partial charge in [0, 0.05) is 43.7 Å². The highest BCUT2D eigenvalue weighted by Crippen LogP contribution is 2.30. The van der Waals surface area contributed by atoms with Crippen LogP contribution in [0.25, 0.3) is 11.5 Å². The second-order valence-electron chi connectivity index (χ2n) is 7.26. The number of anilines is 1. The van der Waals surface area contributed by atoms with E-state index in [1.165, 1.54) is 0 Å². The van der Waals surface area contributed by atoms with Crippen molar-refractivity contribution in [3.8, 4) is 23.0 Å². The van der Waals surface area contributed by atoms with Crippen LogP contribution in [0.3, 0.4) is 0 Å². The van der Waals surface area contributed by atoms with Gasteiger partial charge in [0.15, 0.2) is 11.5 Å². The summed E-state index contributed by atoms with van der Waals surface area (Å²) in [6.45, 7) is 1.31. The molecule has 162 valence electrons. The van der Waals surface area contributed by atoms with Gasteiger partial charge >= 0.3 is 6.03 Å². The predicted octanol–water partition coefficient (Wildman–Crippen LogP) is 3.03. The van der Waals surface area contributed by atoms with E-state index < -0.39 is 0 Å². The van der Waals surface area contributed by atoms with Gasteiger partial charge in [0.1, 0.15) is 5.69 Å². The molecule has 0 bridgehead atoms. The fraction of sp³-hybridized carbons (Fsp3) is 0.381. The number of hydrogen-bond acceptors (Lipinski definition) is 8. The van der Waals surface area contributed by atoms with Crippen LogP contribution in [0, 0.1) is 5.92 Å². The molecule has 10 nitrogen and oxygen atoms in total. The maximum Gasteiger partial charge on any atom is 0.321 e. The molecule has 0 spiro atoms. The molecule has 1 unspecified atom stereocenters. The lowest BCUT2D eigenvalue weighted by molar-refractivity contribution is 0.173. The van der Waals surface area contributed by atoms with Crippen LogP contribution < -0.4 is 14.8 Å². The highest BCUT2D eigenvalue weighted by atomic mass is 16.5. The first-order chi connectivity index (χ1) is 15.2. The molecule has 10 heteroatoms. The second kappa shape index (κ2) is 9.41. The summed E-state index contributed by atoms with van der Waals surface area (Å²) in [5.74, 6) is 2.36. The van der Waals surface area contributed by atoms with Gasteiger partial charge in [-0.3, -0.25) is 4.98 Å². The fourth-order valence-corrected chi connectivity index (χ4v) is 3.64. The van der Waals surface area contributed by atoms with Crippen LogP contribution in [0.1, 0.15) is 18.7 Å². The van der Waals surface area contributed by atoms with Crippen LogP contribution in [-0.2, 0) is 6.42 Å². The van der Waals surface area contributed by atoms with E-state index in [0.29, 0.717) is 54.1 Å². The minimum absolute atomic E-state index is 0.150. The van der Waals surface area contributed by atoms with Crippen molar-refractivity contribution >= 4 is 11.7 Å². The number of ether oxygens (including phenoxy) is 2. The van der Waals surface area contributed by atoms with Crippen molar-refractivity contribution in [2.24, 2.45) is 5.92 Å². The number of methoxy groups -OCH3 is 2. The topological polar surface area (TPSA) is 116 Å². The molecule has 0 radical (unpaired) electrons. The number of urea groups is 1. The average Bonchev–Trinajstić information content (AvgIpc) is 3.28. The molecule has 1 aromatic carbocycles. The minimum Gasteiger partial charge on any atom is -0.493 e. The van der Waals surface area contributed by atoms with Crippen molar-refractivity contribution < 1.29 is 18.8 Å². The summed E-state index contributed by atoms with van der Waals surface area (Å²) in [6.07, 6.45) is 7.27. The van der Waals surface area contributed by atoms with Crippen molar-refractivity contribution in [3.05, 3.63) is 42.7 Å². The number of nitrogens with one attached hydrogen (secondary N) is 1. The Morgan fingerprint density at radius 3 is 2.90 bits per heavy atom. The Labute approximate surface area is 179 Å². The quantitative estimate of drug-likeness (QED) is 0.642. The van der Waals surface area contributed by atoms with Crippen LogP contribution in [0.2, 0.25) is 0 Å². The Hall–Kier alpha value is -3.69. The number of nitrogens with zero attached hydrogens (tertiary/aromatic N) is 5. The molecule has 1 aliphatic heterocycles. The zero-order chi connectivity index (χ0) is 21.6. The second-order valence-corrected chi connectivity index (χ2v) is 7.26. The van der Waals surface area contributed by atoms with Gasteiger partial charge in [-0.25, -0.2) is 9.78 Å². The molecule has 31 heavy (non-hydrogen) atoms. The number of amides is 2. The highest BCUT2D eigenvalue weighted by Gasteiger charge is 2.26. The van der Waals surface area contributed by atoms with Crippen LogP contribution in [0.5, 0.6) is 11.5 Å². The van der Waals surface area contributed by atoms with E-state index in [9.17, 15) is 4.79 Å². The van der Waals surface area contributed by atoms with Gasteiger partial charge in [-0.2, -0.15) is 4.98 Å². The van der Waals surface area contributed by atoms with Crippen molar-refractivity contribution in [1.82, 2.24) is 25.0 Å². The molecule has 1 N–H and O–H groups in total. The summed E-state index contributed by atoms with van der Waals surface area (Å²) < 4.78 is 15.9. The van der Waals surface area contributed by atoms with E-state index in [1.54, 1.807) is 51.0 Å². The fourth-order valence-electron chi connectivity index (χ4n) is 3.64. The number of carbonyl (C=O) groups excluding carboxylic acids is 1. The molecular formula is C21H24N6O4. The molecule has 4 rings (SSSR count). The average molecular weight is 424 g/mol. The number of carbonyl (C=O) groups is 1. The Balaban J connectivity index is 1.36. The van der Waals surface area contributed by atoms with E-state index >= 15 is 0 Å². The summed E-state index contributed by atoms with van der Waals surface area (Å²) in [5.41, 5.74) is 1.22. The standard InChI is InChI=1S/C21H24N6O4/c1-29-17-6-5-15(11-18(17)30-2)24-21(28)27-9-3-4-14(13-27)10-19-25-20(26-31-19)16-12-22-7-8-23-16/h5-8,11-12,14H,3-4,9-10,13H2,1-2H3,(H,24,28). The van der Waals surface area contributed by atoms with Gasteiger partial charge in [0.25, 0.3) is 0 Å². The van der Waals surface area contributed by atoms with Crippen molar-refractivity contribution in [1.29, 1.82) is 0 Å². The smallest absolute Gasteiger partial charge is 0.321 e. The molecule has 1 saturated heterocycles. The van der Waals surface area contributed by atoms with Crippen LogP contribution in [0.4, 0.5) is 10.5 Å². The van der Waals surface area contributed by atoms with Crippen molar-refractivity contribution in [2.75, 3.05) is 32.6 Å². The molecule has 1 fully saturated rings. The summed E-state index contributed by atoms with van der Waals surface area (Å²) in [5, 5.41) is 6.92. The molecule has 1 aliphatic rings. The van der Waals surface area contributed by atoms with E-state index in [1.807, 2.05) is 4.90 Å². The van der Waals surface area contributed by atoms with E-state index in [4.69, 9.17) is 14.0 Å². The lowest BCUT2D eigenvalue weighted by atomic mass is 9.95. The normalized spacial score (nSPS) is 16.1. The van der Waals surface area contributed by atoms with Crippen LogP contribution in [-0.4, -0.2) is 58.3 Å². The lowest BCUT2D eigenvalue weighted by Gasteiger charge is -2.32. The molecule has 2 amide bonds. The first kappa shape index (κ1) is 20.6. The number of likely N-dealkylation sites (tertiary alicyclic amines) is 1. The van der Waals surface area contributed by atoms with E-state index in [2.05, 4.69) is 25.4 Å². The summed E-state index contributed by atoms with van der Waals surface area (Å²) in [6, 6.07) is 5.14. The van der Waals surface area contributed by atoms with E-state index in [0.717, 1.165) is 12.8 Å². The Morgan fingerprint density at radius 1 is 1.26 bits per heavy atom. The van der Waals surface area contributed by atoms with Crippen molar-refractivity contribution in [3.63, 3.8) is 0 Å². The van der Waals surface area contributed by atoms with Gasteiger partial charge < -0.3 is 24.2 Å². The first-order valence-corrected chi connectivity index (χ1v) is 10.0. The number of benzene rings is 1. The predicted molar refractivity (Wildman–Crippen MR) is 112 cm³/mol. The first-order valence-electron chi connectivity index (χ1n) is 10.0. The van der Waals surface area contributed by atoms with Gasteiger partial charge in [-0.1, -0.05) is 5.16 Å². The Kier molecular flexibility index (Phi) is 6.25. The maximum atomic E-state index is 12.8. The number of hydrogen-bond donors (Lipinski definition) is 1. The molecular weight excluding hydrogens is 400 g/mol. The Morgan fingerprint density at radius 2 is 2.13 bits per heavy atom. The summed E-state index contributed by atoms with van der Waals surface area (Å²) in [4.78, 5) is 27.2. The molecule has 1 atom stereocenters. The van der Waals surface area contributed by atoms with Gasteiger partial charge in [-0.05, 0) is 30.9 Å². The SMILES string of the molecule is COc1ccc(NC(=O)N2CCCC(Cc3nc(-c4cnccn4)no3)C2)cc1OC. The summed E-state index contributed by atoms with van der Waals surface area (Å²) >= 11 is 0. The van der Waals surface area contributed by atoms with Crippen molar-refractivity contribution in [2.45, 2.75) is 19.3 Å². The molecule has 3 aromatic rings. The van der Waals surface area contributed by atoms with E-state index in [-0.39, 0.29) is 11.9 Å². The van der Waals surface area contributed by atoms with Crippen LogP contribution in [0.15, 0.2) is 41.3 Å². The zero-order valence-electron chi connectivity index (χ0n) is 17.4.